The lowest BCUT2D eigenvalue weighted by Crippen LogP contribution is -2.47. The van der Waals surface area contributed by atoms with Crippen molar-refractivity contribution in [1.29, 1.82) is 0 Å². The Hall–Kier alpha value is -4.72. The number of sulfonamides is 1. The van der Waals surface area contributed by atoms with Crippen LogP contribution in [0.25, 0.3) is 11.1 Å². The van der Waals surface area contributed by atoms with Crippen LogP contribution in [-0.4, -0.2) is 80.1 Å². The molecule has 0 aromatic heterocycles. The first-order valence-electron chi connectivity index (χ1n) is 21.8. The van der Waals surface area contributed by atoms with Gasteiger partial charge in [0.1, 0.15) is 6.04 Å². The number of nitrogens with one attached hydrogen (secondary N) is 2. The third-order valence-corrected chi connectivity index (χ3v) is 13.8. The highest BCUT2D eigenvalue weighted by atomic mass is 32.2. The van der Waals surface area contributed by atoms with Crippen molar-refractivity contribution in [2.24, 2.45) is 0 Å². The van der Waals surface area contributed by atoms with E-state index in [9.17, 15) is 18.3 Å². The molecule has 3 heterocycles. The van der Waals surface area contributed by atoms with E-state index >= 15 is 0 Å². The Bertz CT molecular complexity index is 2300. The molecule has 3 aliphatic heterocycles. The number of aliphatic hydroxyl groups is 1. The summed E-state index contributed by atoms with van der Waals surface area (Å²) in [6.07, 6.45) is 5.33. The number of amides is 1. The normalized spacial score (nSPS) is 21.7. The van der Waals surface area contributed by atoms with Gasteiger partial charge in [-0.2, -0.15) is 4.72 Å². The van der Waals surface area contributed by atoms with E-state index < -0.39 is 28.3 Å². The van der Waals surface area contributed by atoms with Crippen LogP contribution in [0, 0.1) is 6.92 Å². The summed E-state index contributed by atoms with van der Waals surface area (Å²) in [6, 6.07) is 39.9. The van der Waals surface area contributed by atoms with Gasteiger partial charge in [0.2, 0.25) is 15.9 Å². The van der Waals surface area contributed by atoms with Crippen LogP contribution < -0.4 is 10.0 Å². The maximum Gasteiger partial charge on any atom is 0.241 e. The summed E-state index contributed by atoms with van der Waals surface area (Å²) in [4.78, 5) is 19.1. The maximum absolute atomic E-state index is 13.7. The summed E-state index contributed by atoms with van der Waals surface area (Å²) < 4.78 is 42.9. The Balaban J connectivity index is 0.944. The Morgan fingerprint density at radius 1 is 0.754 bits per heavy atom. The highest BCUT2D eigenvalue weighted by Crippen LogP contribution is 2.39. The summed E-state index contributed by atoms with van der Waals surface area (Å²) in [6.45, 7) is 7.65. The second-order valence-corrected chi connectivity index (χ2v) is 18.6. The number of carbonyl (C=O) groups is 1. The van der Waals surface area contributed by atoms with E-state index in [2.05, 4.69) is 56.2 Å². The molecule has 3 N–H and O–H groups in total. The summed E-state index contributed by atoms with van der Waals surface area (Å²) in [7, 11) is -3.95. The lowest BCUT2D eigenvalue weighted by Gasteiger charge is -2.39. The number of hydrogen-bond acceptors (Lipinski definition) is 8. The van der Waals surface area contributed by atoms with Gasteiger partial charge in [-0.3, -0.25) is 9.69 Å². The smallest absolute Gasteiger partial charge is 0.241 e. The lowest BCUT2D eigenvalue weighted by atomic mass is 9.98. The Morgan fingerprint density at radius 2 is 1.48 bits per heavy atom. The Morgan fingerprint density at radius 3 is 2.21 bits per heavy atom. The average Bonchev–Trinajstić information content (AvgIpc) is 3.98. The van der Waals surface area contributed by atoms with Gasteiger partial charge in [0.25, 0.3) is 0 Å². The fourth-order valence-electron chi connectivity index (χ4n) is 8.92. The molecule has 5 unspecified atom stereocenters. The molecule has 5 aromatic carbocycles. The minimum Gasteiger partial charge on any atom is -0.392 e. The topological polar surface area (TPSA) is 120 Å². The summed E-state index contributed by atoms with van der Waals surface area (Å²) in [5, 5.41) is 12.7. The summed E-state index contributed by atoms with van der Waals surface area (Å²) in [5.74, 6) is -0.408. The number of hydrogen-bond donors (Lipinski definition) is 3. The SMILES string of the molecule is Cc1ccc(S(=O)(=O)NC(Cc2ccccc2)C(=O)NCc2cccc(-c3ccc(C4OC(CN5CCCC5CN5CCCC5)CC(c5ccc(CO)cc5)O4)cc3)c2)cc1. The molecule has 0 aliphatic carbocycles. The molecule has 0 saturated carbocycles. The molecule has 0 spiro atoms. The van der Waals surface area contributed by atoms with Crippen LogP contribution in [-0.2, 0) is 43.9 Å². The van der Waals surface area contributed by atoms with Crippen molar-refractivity contribution in [3.8, 4) is 11.1 Å². The molecule has 320 valence electrons. The third-order valence-electron chi connectivity index (χ3n) is 12.4. The number of nitrogens with zero attached hydrogens (tertiary/aromatic N) is 2. The van der Waals surface area contributed by atoms with Crippen LogP contribution in [0.2, 0.25) is 0 Å². The molecule has 3 aliphatic rings. The Kier molecular flexibility index (Phi) is 14.1. The first-order valence-corrected chi connectivity index (χ1v) is 23.2. The molecule has 3 fully saturated rings. The minimum atomic E-state index is -3.95. The zero-order chi connectivity index (χ0) is 42.2. The highest BCUT2D eigenvalue weighted by Gasteiger charge is 2.36. The molecule has 0 radical (unpaired) electrons. The van der Waals surface area contributed by atoms with Gasteiger partial charge in [-0.15, -0.1) is 0 Å². The number of aliphatic hydroxyl groups excluding tert-OH is 1. The van der Waals surface area contributed by atoms with Crippen LogP contribution in [0.15, 0.2) is 132 Å². The first-order chi connectivity index (χ1) is 29.7. The monoisotopic (exact) mass is 842 g/mol. The fraction of sp³-hybridized carbons (Fsp3) is 0.380. The molecule has 10 nitrogen and oxygen atoms in total. The van der Waals surface area contributed by atoms with Gasteiger partial charge >= 0.3 is 0 Å². The van der Waals surface area contributed by atoms with Crippen molar-refractivity contribution in [1.82, 2.24) is 19.8 Å². The minimum absolute atomic E-state index is 0.00257. The van der Waals surface area contributed by atoms with Crippen molar-refractivity contribution in [3.05, 3.63) is 161 Å². The van der Waals surface area contributed by atoms with E-state index in [1.165, 1.54) is 38.8 Å². The number of rotatable bonds is 16. The van der Waals surface area contributed by atoms with Gasteiger partial charge in [-0.05, 0) is 110 Å². The van der Waals surface area contributed by atoms with Gasteiger partial charge in [0, 0.05) is 37.7 Å². The van der Waals surface area contributed by atoms with Gasteiger partial charge in [-0.25, -0.2) is 8.42 Å². The van der Waals surface area contributed by atoms with Crippen LogP contribution in [0.1, 0.15) is 77.9 Å². The zero-order valence-electron chi connectivity index (χ0n) is 35.0. The van der Waals surface area contributed by atoms with Gasteiger partial charge in [0.15, 0.2) is 6.29 Å². The van der Waals surface area contributed by atoms with Gasteiger partial charge in [0.05, 0.1) is 23.7 Å². The first kappa shape index (κ1) is 42.9. The van der Waals surface area contributed by atoms with E-state index in [0.29, 0.717) is 6.04 Å². The summed E-state index contributed by atoms with van der Waals surface area (Å²) >= 11 is 0. The highest BCUT2D eigenvalue weighted by molar-refractivity contribution is 7.89. The maximum atomic E-state index is 13.7. The van der Waals surface area contributed by atoms with Crippen molar-refractivity contribution in [2.75, 3.05) is 32.7 Å². The molecule has 8 rings (SSSR count). The second kappa shape index (κ2) is 20.0. The van der Waals surface area contributed by atoms with E-state index in [-0.39, 0.29) is 36.7 Å². The number of aryl methyl sites for hydroxylation is 1. The fourth-order valence-corrected chi connectivity index (χ4v) is 10.1. The van der Waals surface area contributed by atoms with Gasteiger partial charge in [-0.1, -0.05) is 115 Å². The van der Waals surface area contributed by atoms with E-state index in [4.69, 9.17) is 9.47 Å². The number of carbonyl (C=O) groups excluding carboxylic acids is 1. The molecule has 1 amide bonds. The summed E-state index contributed by atoms with van der Waals surface area (Å²) in [5.41, 5.74) is 7.58. The molecule has 5 atom stereocenters. The largest absolute Gasteiger partial charge is 0.392 e. The van der Waals surface area contributed by atoms with Crippen LogP contribution >= 0.6 is 0 Å². The zero-order valence-corrected chi connectivity index (χ0v) is 35.8. The average molecular weight is 843 g/mol. The van der Waals surface area contributed by atoms with Crippen LogP contribution in [0.4, 0.5) is 0 Å². The Labute approximate surface area is 361 Å². The van der Waals surface area contributed by atoms with Crippen LogP contribution in [0.3, 0.4) is 0 Å². The van der Waals surface area contributed by atoms with E-state index in [0.717, 1.165) is 70.6 Å². The van der Waals surface area contributed by atoms with Crippen molar-refractivity contribution in [2.45, 2.75) is 94.1 Å². The van der Waals surface area contributed by atoms with Crippen molar-refractivity contribution in [3.63, 3.8) is 0 Å². The number of likely N-dealkylation sites (tertiary alicyclic amines) is 2. The lowest BCUT2D eigenvalue weighted by molar-refractivity contribution is -0.253. The molecule has 11 heteroatoms. The molecule has 61 heavy (non-hydrogen) atoms. The predicted molar refractivity (Wildman–Crippen MR) is 238 cm³/mol. The molecular weight excluding hydrogens is 785 g/mol. The number of ether oxygens (including phenoxy) is 2. The molecular formula is C50H58N4O6S. The van der Waals surface area contributed by atoms with E-state index in [1.54, 1.807) is 24.3 Å². The molecule has 0 bridgehead atoms. The predicted octanol–water partition coefficient (Wildman–Crippen LogP) is 7.47. The standard InChI is InChI=1S/C50H58N4O6S/c1-36-14-24-46(25-15-36)61(57,58)52-47(30-37-9-3-2-4-10-37)49(56)51-32-39-11-7-12-43(29-39)40-20-22-42(23-21-40)50-59-45(31-48(60-50)41-18-16-38(35-55)17-19-41)34-54-28-8-13-44(54)33-53-26-5-6-27-53/h2-4,7,9-12,14-25,29,44-45,47-48,50,52,55H,5-6,8,13,26-28,30-35H2,1H3,(H,51,56). The number of benzene rings is 5. The van der Waals surface area contributed by atoms with Gasteiger partial charge < -0.3 is 24.8 Å². The van der Waals surface area contributed by atoms with Crippen LogP contribution in [0.5, 0.6) is 0 Å². The molecule has 5 aromatic rings. The second-order valence-electron chi connectivity index (χ2n) is 16.9. The van der Waals surface area contributed by atoms with Crippen molar-refractivity contribution < 1.29 is 27.8 Å². The quantitative estimate of drug-likeness (QED) is 0.0937. The molecule has 3 saturated heterocycles. The van der Waals surface area contributed by atoms with E-state index in [1.807, 2.05) is 73.7 Å². The third kappa shape index (κ3) is 11.2. The van der Waals surface area contributed by atoms with Crippen molar-refractivity contribution >= 4 is 15.9 Å².